The molecule has 0 aromatic carbocycles. The number of hydrogen-bond donors (Lipinski definition) is 0. The standard InChI is InChI=1S/C18H29N5O2/c1-20-11-7-19-16(20)14-21-8-5-10-22(13-12-21)18(25)15-23-9-4-2-3-6-17(23)24/h7,11H,2-6,8-10,12-15H2,1H3. The van der Waals surface area contributed by atoms with Crippen LogP contribution in [0.5, 0.6) is 0 Å². The molecule has 0 N–H and O–H groups in total. The molecule has 0 bridgehead atoms. The van der Waals surface area contributed by atoms with Crippen molar-refractivity contribution in [3.05, 3.63) is 18.2 Å². The van der Waals surface area contributed by atoms with Crippen molar-refractivity contribution in [1.82, 2.24) is 24.3 Å². The summed E-state index contributed by atoms with van der Waals surface area (Å²) in [7, 11) is 2.01. The molecule has 3 rings (SSSR count). The summed E-state index contributed by atoms with van der Waals surface area (Å²) < 4.78 is 2.04. The summed E-state index contributed by atoms with van der Waals surface area (Å²) >= 11 is 0. The molecule has 7 nitrogen and oxygen atoms in total. The maximum absolute atomic E-state index is 12.7. The van der Waals surface area contributed by atoms with Gasteiger partial charge in [0.25, 0.3) is 0 Å². The minimum Gasteiger partial charge on any atom is -0.340 e. The summed E-state index contributed by atoms with van der Waals surface area (Å²) in [5, 5.41) is 0. The van der Waals surface area contributed by atoms with Crippen LogP contribution in [0.1, 0.15) is 37.9 Å². The first-order chi connectivity index (χ1) is 12.1. The molecular weight excluding hydrogens is 318 g/mol. The van der Waals surface area contributed by atoms with E-state index in [1.54, 1.807) is 4.90 Å². The summed E-state index contributed by atoms with van der Waals surface area (Å²) in [5.41, 5.74) is 0. The van der Waals surface area contributed by atoms with Gasteiger partial charge in [-0.15, -0.1) is 0 Å². The monoisotopic (exact) mass is 347 g/mol. The highest BCUT2D eigenvalue weighted by Gasteiger charge is 2.24. The van der Waals surface area contributed by atoms with E-state index in [0.29, 0.717) is 6.42 Å². The molecule has 138 valence electrons. The summed E-state index contributed by atoms with van der Waals surface area (Å²) in [6, 6.07) is 0. The first-order valence-corrected chi connectivity index (χ1v) is 9.37. The highest BCUT2D eigenvalue weighted by molar-refractivity contribution is 5.85. The van der Waals surface area contributed by atoms with Gasteiger partial charge in [-0.05, 0) is 19.3 Å². The van der Waals surface area contributed by atoms with Gasteiger partial charge in [0, 0.05) is 58.6 Å². The van der Waals surface area contributed by atoms with E-state index in [1.807, 2.05) is 28.9 Å². The normalized spacial score (nSPS) is 20.4. The Morgan fingerprint density at radius 1 is 1.08 bits per heavy atom. The summed E-state index contributed by atoms with van der Waals surface area (Å²) in [4.78, 5) is 35.2. The zero-order valence-corrected chi connectivity index (χ0v) is 15.2. The van der Waals surface area contributed by atoms with Crippen LogP contribution in [0.3, 0.4) is 0 Å². The second-order valence-corrected chi connectivity index (χ2v) is 7.09. The van der Waals surface area contributed by atoms with E-state index in [9.17, 15) is 9.59 Å². The lowest BCUT2D eigenvalue weighted by atomic mass is 10.2. The topological polar surface area (TPSA) is 61.7 Å². The molecular formula is C18H29N5O2. The second kappa shape index (κ2) is 8.47. The number of rotatable bonds is 4. The van der Waals surface area contributed by atoms with Crippen molar-refractivity contribution in [2.45, 2.75) is 38.6 Å². The average Bonchev–Trinajstić information content (AvgIpc) is 2.79. The minimum atomic E-state index is 0.0918. The molecule has 2 saturated heterocycles. The molecule has 0 atom stereocenters. The molecule has 2 amide bonds. The lowest BCUT2D eigenvalue weighted by Crippen LogP contribution is -2.44. The van der Waals surface area contributed by atoms with E-state index >= 15 is 0 Å². The van der Waals surface area contributed by atoms with Crippen molar-refractivity contribution in [2.75, 3.05) is 39.3 Å². The summed E-state index contributed by atoms with van der Waals surface area (Å²) in [5.74, 6) is 1.28. The fraction of sp³-hybridized carbons (Fsp3) is 0.722. The Hall–Kier alpha value is -1.89. The number of carbonyl (C=O) groups excluding carboxylic acids is 2. The highest BCUT2D eigenvalue weighted by Crippen LogP contribution is 2.12. The van der Waals surface area contributed by atoms with Gasteiger partial charge in [0.15, 0.2) is 0 Å². The minimum absolute atomic E-state index is 0.0918. The Morgan fingerprint density at radius 2 is 1.96 bits per heavy atom. The van der Waals surface area contributed by atoms with E-state index in [2.05, 4.69) is 9.88 Å². The average molecular weight is 347 g/mol. The Kier molecular flexibility index (Phi) is 6.07. The van der Waals surface area contributed by atoms with Crippen LogP contribution in [0, 0.1) is 0 Å². The molecule has 2 fully saturated rings. The number of likely N-dealkylation sites (tertiary alicyclic amines) is 1. The molecule has 1 aromatic rings. The zero-order valence-electron chi connectivity index (χ0n) is 15.2. The first-order valence-electron chi connectivity index (χ1n) is 9.37. The van der Waals surface area contributed by atoms with Crippen LogP contribution in [-0.2, 0) is 23.2 Å². The maximum Gasteiger partial charge on any atom is 0.242 e. The fourth-order valence-electron chi connectivity index (χ4n) is 3.60. The molecule has 3 heterocycles. The van der Waals surface area contributed by atoms with E-state index < -0.39 is 0 Å². The predicted molar refractivity (Wildman–Crippen MR) is 94.7 cm³/mol. The second-order valence-electron chi connectivity index (χ2n) is 7.09. The van der Waals surface area contributed by atoms with Gasteiger partial charge in [-0.25, -0.2) is 4.98 Å². The maximum atomic E-state index is 12.7. The third-order valence-electron chi connectivity index (χ3n) is 5.22. The largest absolute Gasteiger partial charge is 0.340 e. The van der Waals surface area contributed by atoms with Crippen molar-refractivity contribution in [1.29, 1.82) is 0 Å². The summed E-state index contributed by atoms with van der Waals surface area (Å²) in [6.07, 6.45) is 8.38. The van der Waals surface area contributed by atoms with Crippen LogP contribution in [0.25, 0.3) is 0 Å². The number of carbonyl (C=O) groups is 2. The Labute approximate surface area is 149 Å². The van der Waals surface area contributed by atoms with Crippen molar-refractivity contribution in [3.8, 4) is 0 Å². The van der Waals surface area contributed by atoms with Gasteiger partial charge >= 0.3 is 0 Å². The predicted octanol–water partition coefficient (Wildman–Crippen LogP) is 0.857. The summed E-state index contributed by atoms with van der Waals surface area (Å²) in [6.45, 7) is 5.12. The van der Waals surface area contributed by atoms with Gasteiger partial charge < -0.3 is 14.4 Å². The van der Waals surface area contributed by atoms with Crippen molar-refractivity contribution in [2.24, 2.45) is 7.05 Å². The van der Waals surface area contributed by atoms with Crippen LogP contribution in [0.4, 0.5) is 0 Å². The Morgan fingerprint density at radius 3 is 2.76 bits per heavy atom. The third kappa shape index (κ3) is 4.81. The Bertz CT molecular complexity index is 600. The van der Waals surface area contributed by atoms with Crippen LogP contribution < -0.4 is 0 Å². The number of nitrogens with zero attached hydrogens (tertiary/aromatic N) is 5. The quantitative estimate of drug-likeness (QED) is 0.810. The lowest BCUT2D eigenvalue weighted by molar-refractivity contribution is -0.140. The van der Waals surface area contributed by atoms with Gasteiger partial charge in [-0.1, -0.05) is 6.42 Å². The number of aryl methyl sites for hydroxylation is 1. The molecule has 2 aliphatic heterocycles. The lowest BCUT2D eigenvalue weighted by Gasteiger charge is -2.26. The van der Waals surface area contributed by atoms with Crippen LogP contribution in [0.15, 0.2) is 12.4 Å². The number of aromatic nitrogens is 2. The smallest absolute Gasteiger partial charge is 0.242 e. The molecule has 0 saturated carbocycles. The van der Waals surface area contributed by atoms with E-state index in [1.165, 1.54) is 0 Å². The van der Waals surface area contributed by atoms with E-state index in [0.717, 1.165) is 70.8 Å². The molecule has 25 heavy (non-hydrogen) atoms. The van der Waals surface area contributed by atoms with Gasteiger partial charge in [0.1, 0.15) is 5.82 Å². The van der Waals surface area contributed by atoms with Crippen LogP contribution in [0.2, 0.25) is 0 Å². The van der Waals surface area contributed by atoms with Gasteiger partial charge in [0.05, 0.1) is 13.1 Å². The Balaban J connectivity index is 1.50. The molecule has 7 heteroatoms. The first kappa shape index (κ1) is 17.9. The number of amides is 2. The number of imidazole rings is 1. The van der Waals surface area contributed by atoms with Crippen molar-refractivity contribution >= 4 is 11.8 Å². The van der Waals surface area contributed by atoms with E-state index in [-0.39, 0.29) is 18.4 Å². The van der Waals surface area contributed by atoms with Crippen LogP contribution >= 0.6 is 0 Å². The molecule has 0 aliphatic carbocycles. The SMILES string of the molecule is Cn1ccnc1CN1CCCN(C(=O)CN2CCCCCC2=O)CC1. The zero-order chi connectivity index (χ0) is 17.6. The molecule has 1 aromatic heterocycles. The van der Waals surface area contributed by atoms with Crippen LogP contribution in [-0.4, -0.2) is 75.3 Å². The highest BCUT2D eigenvalue weighted by atomic mass is 16.2. The van der Waals surface area contributed by atoms with Gasteiger partial charge in [-0.2, -0.15) is 0 Å². The van der Waals surface area contributed by atoms with Gasteiger partial charge in [-0.3, -0.25) is 14.5 Å². The van der Waals surface area contributed by atoms with Crippen molar-refractivity contribution < 1.29 is 9.59 Å². The van der Waals surface area contributed by atoms with E-state index in [4.69, 9.17) is 0 Å². The fourth-order valence-corrected chi connectivity index (χ4v) is 3.60. The molecule has 0 unspecified atom stereocenters. The molecule has 2 aliphatic rings. The molecule has 0 radical (unpaired) electrons. The van der Waals surface area contributed by atoms with Gasteiger partial charge in [0.2, 0.25) is 11.8 Å². The van der Waals surface area contributed by atoms with Crippen molar-refractivity contribution in [3.63, 3.8) is 0 Å². The third-order valence-corrected chi connectivity index (χ3v) is 5.22. The number of hydrogen-bond acceptors (Lipinski definition) is 4. The molecule has 0 spiro atoms.